The summed E-state index contributed by atoms with van der Waals surface area (Å²) in [7, 11) is -3.47. The van der Waals surface area contributed by atoms with Crippen molar-refractivity contribution >= 4 is 27.3 Å². The van der Waals surface area contributed by atoms with E-state index < -0.39 is 14.8 Å². The molecule has 0 aliphatic carbocycles. The summed E-state index contributed by atoms with van der Waals surface area (Å²) in [5, 5.41) is 11.1. The first-order valence-electron chi connectivity index (χ1n) is 6.00. The molecule has 0 saturated carbocycles. The van der Waals surface area contributed by atoms with E-state index in [9.17, 15) is 18.5 Å². The van der Waals surface area contributed by atoms with Crippen molar-refractivity contribution in [2.24, 2.45) is 0 Å². The fourth-order valence-electron chi connectivity index (χ4n) is 1.69. The largest absolute Gasteiger partial charge is 0.284 e. The average Bonchev–Trinajstić information content (AvgIpc) is 2.40. The fraction of sp³-hybridized carbons (Fsp3) is 0.143. The van der Waals surface area contributed by atoms with Gasteiger partial charge in [-0.25, -0.2) is 8.42 Å². The first-order chi connectivity index (χ1) is 9.77. The van der Waals surface area contributed by atoms with Crippen molar-refractivity contribution in [3.05, 3.63) is 58.1 Å². The van der Waals surface area contributed by atoms with Crippen LogP contribution in [0, 0.1) is 17.0 Å². The van der Waals surface area contributed by atoms with Crippen LogP contribution in [0.1, 0.15) is 5.56 Å². The van der Waals surface area contributed by atoms with Crippen molar-refractivity contribution < 1.29 is 13.3 Å². The zero-order chi connectivity index (χ0) is 15.6. The van der Waals surface area contributed by atoms with Gasteiger partial charge in [0.2, 0.25) is 0 Å². The van der Waals surface area contributed by atoms with Gasteiger partial charge in [0.05, 0.1) is 14.7 Å². The van der Waals surface area contributed by atoms with Crippen LogP contribution in [0.2, 0.25) is 0 Å². The van der Waals surface area contributed by atoms with E-state index in [-0.39, 0.29) is 10.6 Å². The first kappa shape index (κ1) is 15.5. The molecule has 0 aliphatic rings. The van der Waals surface area contributed by atoms with E-state index in [2.05, 4.69) is 0 Å². The van der Waals surface area contributed by atoms with Gasteiger partial charge in [-0.2, -0.15) is 0 Å². The van der Waals surface area contributed by atoms with Gasteiger partial charge in [0, 0.05) is 17.2 Å². The molecule has 0 heterocycles. The minimum Gasteiger partial charge on any atom is -0.258 e. The third-order valence-corrected chi connectivity index (χ3v) is 4.99. The van der Waals surface area contributed by atoms with Gasteiger partial charge in [0.1, 0.15) is 0 Å². The van der Waals surface area contributed by atoms with Crippen molar-refractivity contribution in [3.8, 4) is 0 Å². The molecule has 0 saturated heterocycles. The monoisotopic (exact) mass is 323 g/mol. The molecule has 0 amide bonds. The topological polar surface area (TPSA) is 77.3 Å². The Morgan fingerprint density at radius 2 is 1.71 bits per heavy atom. The van der Waals surface area contributed by atoms with Gasteiger partial charge in [-0.3, -0.25) is 10.1 Å². The number of nitro benzene ring substituents is 1. The number of nitro groups is 1. The molecular formula is C14H13NO4S2. The minimum absolute atomic E-state index is 0.0533. The summed E-state index contributed by atoms with van der Waals surface area (Å²) >= 11 is 1.23. The van der Waals surface area contributed by atoms with Crippen molar-refractivity contribution in [2.45, 2.75) is 21.6 Å². The molecule has 0 spiro atoms. The molecule has 0 fully saturated rings. The second kappa shape index (κ2) is 5.87. The smallest absolute Gasteiger partial charge is 0.258 e. The SMILES string of the molecule is Cc1ccc(Sc2ccc(S(C)(=O)=O)cc2[N+](=O)[O-])cc1. The minimum atomic E-state index is -3.47. The van der Waals surface area contributed by atoms with Gasteiger partial charge in [-0.1, -0.05) is 29.5 Å². The molecule has 0 atom stereocenters. The number of nitrogens with zero attached hydrogens (tertiary/aromatic N) is 1. The lowest BCUT2D eigenvalue weighted by molar-refractivity contribution is -0.388. The molecule has 2 aromatic rings. The first-order valence-corrected chi connectivity index (χ1v) is 8.71. The Kier molecular flexibility index (Phi) is 4.34. The van der Waals surface area contributed by atoms with Crippen molar-refractivity contribution in [3.63, 3.8) is 0 Å². The highest BCUT2D eigenvalue weighted by Crippen LogP contribution is 2.36. The number of hydrogen-bond acceptors (Lipinski definition) is 5. The Balaban J connectivity index is 2.44. The second-order valence-electron chi connectivity index (χ2n) is 4.57. The Labute approximate surface area is 127 Å². The summed E-state index contributed by atoms with van der Waals surface area (Å²) in [5.41, 5.74) is 0.893. The molecule has 2 rings (SSSR count). The molecule has 0 aliphatic heterocycles. The van der Waals surface area contributed by atoms with E-state index in [0.29, 0.717) is 4.90 Å². The molecule has 110 valence electrons. The highest BCUT2D eigenvalue weighted by molar-refractivity contribution is 7.99. The Hall–Kier alpha value is -1.86. The third-order valence-electron chi connectivity index (χ3n) is 2.80. The lowest BCUT2D eigenvalue weighted by Gasteiger charge is -2.05. The lowest BCUT2D eigenvalue weighted by atomic mass is 10.2. The molecule has 7 heteroatoms. The van der Waals surface area contributed by atoms with E-state index in [1.165, 1.54) is 23.9 Å². The maximum absolute atomic E-state index is 11.5. The maximum Gasteiger partial charge on any atom is 0.284 e. The van der Waals surface area contributed by atoms with Gasteiger partial charge in [-0.15, -0.1) is 0 Å². The zero-order valence-corrected chi connectivity index (χ0v) is 13.1. The van der Waals surface area contributed by atoms with Crippen LogP contribution in [0.4, 0.5) is 5.69 Å². The fourth-order valence-corrected chi connectivity index (χ4v) is 3.23. The molecule has 0 radical (unpaired) electrons. The summed E-state index contributed by atoms with van der Waals surface area (Å²) in [5.74, 6) is 0. The van der Waals surface area contributed by atoms with E-state index in [4.69, 9.17) is 0 Å². The Bertz CT molecular complexity index is 783. The molecule has 21 heavy (non-hydrogen) atoms. The Morgan fingerprint density at radius 1 is 1.10 bits per heavy atom. The summed E-state index contributed by atoms with van der Waals surface area (Å²) in [6, 6.07) is 11.5. The molecule has 0 aromatic heterocycles. The highest BCUT2D eigenvalue weighted by Gasteiger charge is 2.19. The molecule has 0 bridgehead atoms. The number of rotatable bonds is 4. The van der Waals surface area contributed by atoms with Gasteiger partial charge in [0.25, 0.3) is 5.69 Å². The quantitative estimate of drug-likeness (QED) is 0.636. The van der Waals surface area contributed by atoms with Crippen LogP contribution in [0.25, 0.3) is 0 Å². The van der Waals surface area contributed by atoms with Gasteiger partial charge < -0.3 is 0 Å². The summed E-state index contributed by atoms with van der Waals surface area (Å²) in [6.45, 7) is 1.96. The van der Waals surface area contributed by atoms with Crippen LogP contribution in [0.15, 0.2) is 57.2 Å². The number of aryl methyl sites for hydroxylation is 1. The Morgan fingerprint density at radius 3 is 2.24 bits per heavy atom. The number of benzene rings is 2. The van der Waals surface area contributed by atoms with Crippen molar-refractivity contribution in [2.75, 3.05) is 6.26 Å². The van der Waals surface area contributed by atoms with Crippen LogP contribution >= 0.6 is 11.8 Å². The van der Waals surface area contributed by atoms with Crippen LogP contribution < -0.4 is 0 Å². The number of sulfone groups is 1. The maximum atomic E-state index is 11.5. The van der Waals surface area contributed by atoms with Crippen LogP contribution in [0.3, 0.4) is 0 Å². The molecule has 0 N–H and O–H groups in total. The normalized spacial score (nSPS) is 11.3. The predicted molar refractivity (Wildman–Crippen MR) is 81.5 cm³/mol. The molecule has 0 unspecified atom stereocenters. The molecular weight excluding hydrogens is 310 g/mol. The lowest BCUT2D eigenvalue weighted by Crippen LogP contribution is -1.99. The van der Waals surface area contributed by atoms with Gasteiger partial charge in [0.15, 0.2) is 9.84 Å². The summed E-state index contributed by atoms with van der Waals surface area (Å²) in [6.07, 6.45) is 1.03. The summed E-state index contributed by atoms with van der Waals surface area (Å²) in [4.78, 5) is 11.8. The van der Waals surface area contributed by atoms with Crippen LogP contribution in [0.5, 0.6) is 0 Å². The average molecular weight is 323 g/mol. The summed E-state index contributed by atoms with van der Waals surface area (Å²) < 4.78 is 23.0. The molecule has 2 aromatic carbocycles. The predicted octanol–water partition coefficient (Wildman–Crippen LogP) is 3.46. The zero-order valence-electron chi connectivity index (χ0n) is 11.4. The third kappa shape index (κ3) is 3.83. The number of hydrogen-bond donors (Lipinski definition) is 0. The van der Waals surface area contributed by atoms with Crippen molar-refractivity contribution in [1.82, 2.24) is 0 Å². The van der Waals surface area contributed by atoms with E-state index in [0.717, 1.165) is 22.8 Å². The van der Waals surface area contributed by atoms with Gasteiger partial charge >= 0.3 is 0 Å². The second-order valence-corrected chi connectivity index (χ2v) is 7.71. The van der Waals surface area contributed by atoms with Crippen LogP contribution in [-0.4, -0.2) is 19.6 Å². The van der Waals surface area contributed by atoms with E-state index in [1.807, 2.05) is 31.2 Å². The van der Waals surface area contributed by atoms with Crippen molar-refractivity contribution in [1.29, 1.82) is 0 Å². The molecule has 5 nitrogen and oxygen atoms in total. The standard InChI is InChI=1S/C14H13NO4S2/c1-10-3-5-11(6-4-10)20-14-8-7-12(21(2,18)19)9-13(14)15(16)17/h3-9H,1-2H3. The van der Waals surface area contributed by atoms with E-state index in [1.54, 1.807) is 0 Å². The van der Waals surface area contributed by atoms with E-state index >= 15 is 0 Å². The van der Waals surface area contributed by atoms with Gasteiger partial charge in [-0.05, 0) is 31.2 Å². The van der Waals surface area contributed by atoms with Crippen LogP contribution in [-0.2, 0) is 9.84 Å². The highest BCUT2D eigenvalue weighted by atomic mass is 32.2.